The maximum absolute atomic E-state index is 14.8. The van der Waals surface area contributed by atoms with Crippen molar-refractivity contribution >= 4 is 23.3 Å². The van der Waals surface area contributed by atoms with Gasteiger partial charge < -0.3 is 20.1 Å². The van der Waals surface area contributed by atoms with Crippen molar-refractivity contribution in [3.8, 4) is 33.2 Å². The second-order valence-electron chi connectivity index (χ2n) is 11.6. The van der Waals surface area contributed by atoms with E-state index in [0.717, 1.165) is 22.3 Å². The van der Waals surface area contributed by atoms with Crippen LogP contribution in [0.2, 0.25) is 0 Å². The fourth-order valence-corrected chi connectivity index (χ4v) is 6.70. The third kappa shape index (κ3) is 7.05. The van der Waals surface area contributed by atoms with Crippen molar-refractivity contribution in [1.82, 2.24) is 20.6 Å². The van der Waals surface area contributed by atoms with Crippen molar-refractivity contribution < 1.29 is 23.5 Å². The van der Waals surface area contributed by atoms with Crippen LogP contribution in [0.15, 0.2) is 121 Å². The van der Waals surface area contributed by atoms with E-state index in [9.17, 15) is 14.0 Å². The van der Waals surface area contributed by atoms with Crippen molar-refractivity contribution in [2.24, 2.45) is 0 Å². The monoisotopic (exact) mass is 670 g/mol. The van der Waals surface area contributed by atoms with Crippen molar-refractivity contribution in [3.05, 3.63) is 155 Å². The number of ether oxygens (including phenoxy) is 2. The zero-order valence-corrected chi connectivity index (χ0v) is 27.2. The average molecular weight is 671 g/mol. The molecule has 0 radical (unpaired) electrons. The van der Waals surface area contributed by atoms with Crippen LogP contribution in [-0.4, -0.2) is 28.6 Å². The standard InChI is InChI=1S/C39H31FN4O4S/c1-24(26-15-16-36(34(40)19-26)48-28-10-7-17-41-21-28)43-37(45)35-23-49-38(44-35)27-9-6-8-25(18-27)20-42-39(46)47-22-33-31-13-4-2-11-29(31)30-12-3-5-14-32(30)33/h2-19,21,23-24,33H,20,22H2,1H3,(H,42,46)(H,43,45). The maximum atomic E-state index is 14.8. The van der Waals surface area contributed by atoms with Crippen LogP contribution in [0.1, 0.15) is 51.6 Å². The van der Waals surface area contributed by atoms with Gasteiger partial charge in [-0.05, 0) is 70.6 Å². The molecule has 0 spiro atoms. The minimum atomic E-state index is -0.550. The highest BCUT2D eigenvalue weighted by Crippen LogP contribution is 2.44. The van der Waals surface area contributed by atoms with E-state index in [4.69, 9.17) is 9.47 Å². The summed E-state index contributed by atoms with van der Waals surface area (Å²) >= 11 is 1.34. The number of aromatic nitrogens is 2. The Morgan fingerprint density at radius 2 is 1.69 bits per heavy atom. The predicted octanol–water partition coefficient (Wildman–Crippen LogP) is 8.67. The van der Waals surface area contributed by atoms with Gasteiger partial charge >= 0.3 is 6.09 Å². The average Bonchev–Trinajstić information content (AvgIpc) is 3.75. The van der Waals surface area contributed by atoms with Gasteiger partial charge in [0, 0.05) is 29.6 Å². The Bertz CT molecular complexity index is 2090. The molecule has 2 amide bonds. The summed E-state index contributed by atoms with van der Waals surface area (Å²) in [4.78, 5) is 34.3. The number of carbonyl (C=O) groups excluding carboxylic acids is 2. The first-order valence-electron chi connectivity index (χ1n) is 15.7. The molecule has 0 bridgehead atoms. The number of hydrogen-bond acceptors (Lipinski definition) is 7. The molecule has 2 heterocycles. The first-order chi connectivity index (χ1) is 23.9. The topological polar surface area (TPSA) is 102 Å². The van der Waals surface area contributed by atoms with Crippen molar-refractivity contribution in [1.29, 1.82) is 0 Å². The lowest BCUT2D eigenvalue weighted by Gasteiger charge is -2.15. The number of fused-ring (bicyclic) bond motifs is 3. The van der Waals surface area contributed by atoms with Gasteiger partial charge in [-0.25, -0.2) is 14.2 Å². The van der Waals surface area contributed by atoms with E-state index >= 15 is 0 Å². The first-order valence-corrected chi connectivity index (χ1v) is 16.6. The molecule has 2 N–H and O–H groups in total. The van der Waals surface area contributed by atoms with Gasteiger partial charge in [-0.3, -0.25) is 9.78 Å². The number of benzene rings is 4. The molecule has 1 aliphatic rings. The minimum Gasteiger partial charge on any atom is -0.453 e. The number of carbonyl (C=O) groups is 2. The Labute approximate surface area is 286 Å². The summed E-state index contributed by atoms with van der Waals surface area (Å²) in [6.07, 6.45) is 2.61. The summed E-state index contributed by atoms with van der Waals surface area (Å²) in [6.45, 7) is 2.28. The zero-order valence-electron chi connectivity index (χ0n) is 26.4. The number of rotatable bonds is 10. The van der Waals surface area contributed by atoms with E-state index in [0.29, 0.717) is 16.3 Å². The number of pyridine rings is 1. The number of amides is 2. The van der Waals surface area contributed by atoms with E-state index in [1.54, 1.807) is 36.7 Å². The molecule has 1 atom stereocenters. The summed E-state index contributed by atoms with van der Waals surface area (Å²) in [5.74, 6) is -0.451. The van der Waals surface area contributed by atoms with Gasteiger partial charge in [0.05, 0.1) is 12.2 Å². The van der Waals surface area contributed by atoms with Gasteiger partial charge in [0.2, 0.25) is 0 Å². The molecule has 7 rings (SSSR count). The Morgan fingerprint density at radius 3 is 2.43 bits per heavy atom. The molecule has 1 aliphatic carbocycles. The number of alkyl carbamates (subject to hydrolysis) is 1. The van der Waals surface area contributed by atoms with Crippen molar-refractivity contribution in [2.45, 2.75) is 25.4 Å². The number of nitrogens with zero attached hydrogens (tertiary/aromatic N) is 2. The zero-order chi connectivity index (χ0) is 33.7. The van der Waals surface area contributed by atoms with Crippen LogP contribution < -0.4 is 15.4 Å². The smallest absolute Gasteiger partial charge is 0.407 e. The molecule has 6 aromatic rings. The summed E-state index contributed by atoms with van der Waals surface area (Å²) in [5, 5.41) is 8.08. The van der Waals surface area contributed by atoms with Crippen LogP contribution in [0.4, 0.5) is 9.18 Å². The third-order valence-corrected chi connectivity index (χ3v) is 9.25. The van der Waals surface area contributed by atoms with Gasteiger partial charge in [0.15, 0.2) is 11.6 Å². The van der Waals surface area contributed by atoms with Crippen LogP contribution in [0.5, 0.6) is 11.5 Å². The first kappa shape index (κ1) is 31.7. The van der Waals surface area contributed by atoms with E-state index in [1.165, 1.54) is 40.8 Å². The molecule has 0 saturated heterocycles. The van der Waals surface area contributed by atoms with Crippen LogP contribution >= 0.6 is 11.3 Å². The second kappa shape index (κ2) is 14.1. The van der Waals surface area contributed by atoms with Crippen LogP contribution in [0.25, 0.3) is 21.7 Å². The molecule has 10 heteroatoms. The van der Waals surface area contributed by atoms with Gasteiger partial charge in [-0.2, -0.15) is 0 Å². The Balaban J connectivity index is 0.931. The SMILES string of the molecule is CC(NC(=O)c1csc(-c2cccc(CNC(=O)OCC3c4ccccc4-c4ccccc43)c2)n1)c1ccc(Oc2cccnc2)c(F)c1. The summed E-state index contributed by atoms with van der Waals surface area (Å²) in [5.41, 5.74) is 7.18. The number of thiazole rings is 1. The van der Waals surface area contributed by atoms with Gasteiger partial charge in [-0.15, -0.1) is 11.3 Å². The molecule has 244 valence electrons. The van der Waals surface area contributed by atoms with Crippen LogP contribution in [-0.2, 0) is 11.3 Å². The molecule has 0 aliphatic heterocycles. The molecular formula is C39H31FN4O4S. The highest BCUT2D eigenvalue weighted by molar-refractivity contribution is 7.13. The number of hydrogen-bond donors (Lipinski definition) is 2. The van der Waals surface area contributed by atoms with E-state index < -0.39 is 18.0 Å². The normalized spacial score (nSPS) is 12.4. The Hall–Kier alpha value is -5.87. The van der Waals surface area contributed by atoms with Crippen LogP contribution in [0.3, 0.4) is 0 Å². The lowest BCUT2D eigenvalue weighted by atomic mass is 9.98. The minimum absolute atomic E-state index is 0.0139. The maximum Gasteiger partial charge on any atom is 0.407 e. The largest absolute Gasteiger partial charge is 0.453 e. The fraction of sp³-hybridized carbons (Fsp3) is 0.128. The van der Waals surface area contributed by atoms with E-state index in [-0.39, 0.29) is 36.4 Å². The Kier molecular flexibility index (Phi) is 9.12. The molecule has 8 nitrogen and oxygen atoms in total. The summed E-state index contributed by atoms with van der Waals surface area (Å²) < 4.78 is 26.0. The molecular weight excluding hydrogens is 640 g/mol. The molecule has 2 aromatic heterocycles. The quantitative estimate of drug-likeness (QED) is 0.151. The number of nitrogens with one attached hydrogen (secondary N) is 2. The van der Waals surface area contributed by atoms with Gasteiger partial charge in [0.1, 0.15) is 23.1 Å². The fourth-order valence-electron chi connectivity index (χ4n) is 5.91. The predicted molar refractivity (Wildman–Crippen MR) is 186 cm³/mol. The lowest BCUT2D eigenvalue weighted by molar-refractivity contribution is 0.0935. The Morgan fingerprint density at radius 1 is 0.918 bits per heavy atom. The molecule has 0 saturated carbocycles. The lowest BCUT2D eigenvalue weighted by Crippen LogP contribution is -2.27. The summed E-state index contributed by atoms with van der Waals surface area (Å²) in [6, 6.07) is 31.5. The van der Waals surface area contributed by atoms with Gasteiger partial charge in [-0.1, -0.05) is 72.8 Å². The second-order valence-corrected chi connectivity index (χ2v) is 12.5. The molecule has 1 unspecified atom stereocenters. The van der Waals surface area contributed by atoms with Crippen LogP contribution in [0, 0.1) is 5.82 Å². The van der Waals surface area contributed by atoms with Gasteiger partial charge in [0.25, 0.3) is 5.91 Å². The summed E-state index contributed by atoms with van der Waals surface area (Å²) in [7, 11) is 0. The van der Waals surface area contributed by atoms with E-state index in [2.05, 4.69) is 44.9 Å². The number of halogens is 1. The highest BCUT2D eigenvalue weighted by atomic mass is 32.1. The molecule has 0 fully saturated rings. The van der Waals surface area contributed by atoms with Crippen molar-refractivity contribution in [3.63, 3.8) is 0 Å². The third-order valence-electron chi connectivity index (χ3n) is 8.36. The van der Waals surface area contributed by atoms with E-state index in [1.807, 2.05) is 48.5 Å². The molecule has 49 heavy (non-hydrogen) atoms. The van der Waals surface area contributed by atoms with Crippen molar-refractivity contribution in [2.75, 3.05) is 6.61 Å². The highest BCUT2D eigenvalue weighted by Gasteiger charge is 2.29. The molecule has 4 aromatic carbocycles.